The van der Waals surface area contributed by atoms with Crippen LogP contribution >= 0.6 is 11.3 Å². The Kier molecular flexibility index (Phi) is 7.27. The Bertz CT molecular complexity index is 1580. The molecule has 0 aliphatic carbocycles. The van der Waals surface area contributed by atoms with Crippen molar-refractivity contribution in [1.29, 1.82) is 0 Å². The molecular weight excluding hydrogens is 492 g/mol. The molecule has 0 aliphatic rings. The molecule has 0 saturated heterocycles. The average Bonchev–Trinajstić information content (AvgIpc) is 3.57. The molecule has 196 valence electrons. The predicted molar refractivity (Wildman–Crippen MR) is 154 cm³/mol. The molecule has 0 bridgehead atoms. The summed E-state index contributed by atoms with van der Waals surface area (Å²) in [5.41, 5.74) is 4.59. The third kappa shape index (κ3) is 5.47. The monoisotopic (exact) mass is 526 g/mol. The molecule has 0 saturated carbocycles. The maximum atomic E-state index is 13.8. The Balaban J connectivity index is 1.68. The summed E-state index contributed by atoms with van der Waals surface area (Å²) in [6, 6.07) is 20.4. The van der Waals surface area contributed by atoms with E-state index in [1.54, 1.807) is 11.3 Å². The van der Waals surface area contributed by atoms with E-state index in [-0.39, 0.29) is 11.1 Å². The summed E-state index contributed by atoms with van der Waals surface area (Å²) in [4.78, 5) is 20.5. The number of aryl methyl sites for hydroxylation is 2. The fourth-order valence-corrected chi connectivity index (χ4v) is 5.59. The topological polar surface area (TPSA) is 79.7 Å². The molecule has 3 heterocycles. The lowest BCUT2D eigenvalue weighted by Crippen LogP contribution is -2.38. The van der Waals surface area contributed by atoms with Crippen LogP contribution in [0.4, 0.5) is 0 Å². The lowest BCUT2D eigenvalue weighted by molar-refractivity contribution is 0.196. The fourth-order valence-electron chi connectivity index (χ4n) is 4.86. The van der Waals surface area contributed by atoms with Gasteiger partial charge in [-0.05, 0) is 103 Å². The Morgan fingerprint density at radius 2 is 1.79 bits per heavy atom. The summed E-state index contributed by atoms with van der Waals surface area (Å²) >= 11 is 1.72. The van der Waals surface area contributed by atoms with Crippen LogP contribution in [0, 0.1) is 13.8 Å². The average molecular weight is 527 g/mol. The second-order valence-electron chi connectivity index (χ2n) is 10.9. The van der Waals surface area contributed by atoms with E-state index in [9.17, 15) is 4.79 Å². The third-order valence-corrected chi connectivity index (χ3v) is 7.85. The van der Waals surface area contributed by atoms with E-state index in [0.717, 1.165) is 29.4 Å². The summed E-state index contributed by atoms with van der Waals surface area (Å²) in [7, 11) is 0. The number of hydrogen-bond donors (Lipinski definition) is 1. The van der Waals surface area contributed by atoms with Gasteiger partial charge in [0.05, 0.1) is 5.54 Å². The van der Waals surface area contributed by atoms with E-state index in [0.29, 0.717) is 17.9 Å². The van der Waals surface area contributed by atoms with E-state index in [1.807, 2.05) is 22.9 Å². The quantitative estimate of drug-likeness (QED) is 0.277. The molecule has 3 aromatic heterocycles. The molecule has 5 rings (SSSR count). The second kappa shape index (κ2) is 10.6. The van der Waals surface area contributed by atoms with Crippen LogP contribution in [-0.2, 0) is 18.5 Å². The lowest BCUT2D eigenvalue weighted by atomic mass is 9.99. The number of tetrazole rings is 1. The maximum Gasteiger partial charge on any atom is 0.253 e. The van der Waals surface area contributed by atoms with E-state index >= 15 is 0 Å². The summed E-state index contributed by atoms with van der Waals surface area (Å²) in [5, 5.41) is 16.1. The molecule has 0 spiro atoms. The van der Waals surface area contributed by atoms with Gasteiger partial charge in [-0.3, -0.25) is 9.69 Å². The molecule has 0 amide bonds. The largest absolute Gasteiger partial charge is 0.322 e. The summed E-state index contributed by atoms with van der Waals surface area (Å²) in [5.74, 6) is 0.663. The molecular formula is C30H34N6OS. The first-order valence-electron chi connectivity index (χ1n) is 12.9. The predicted octanol–water partition coefficient (Wildman–Crippen LogP) is 5.78. The van der Waals surface area contributed by atoms with Gasteiger partial charge in [-0.15, -0.1) is 16.4 Å². The van der Waals surface area contributed by atoms with Crippen molar-refractivity contribution >= 4 is 22.2 Å². The van der Waals surface area contributed by atoms with E-state index in [2.05, 4.69) is 108 Å². The number of nitrogens with zero attached hydrogens (tertiary/aromatic N) is 5. The van der Waals surface area contributed by atoms with Gasteiger partial charge in [0, 0.05) is 29.0 Å². The fraction of sp³-hybridized carbons (Fsp3) is 0.333. The van der Waals surface area contributed by atoms with E-state index in [1.165, 1.54) is 16.0 Å². The van der Waals surface area contributed by atoms with Gasteiger partial charge >= 0.3 is 0 Å². The number of nitrogens with one attached hydrogen (secondary N) is 1. The van der Waals surface area contributed by atoms with Crippen LogP contribution in [0.5, 0.6) is 0 Å². The van der Waals surface area contributed by atoms with E-state index < -0.39 is 6.04 Å². The van der Waals surface area contributed by atoms with Crippen LogP contribution in [0.15, 0.2) is 70.8 Å². The lowest BCUT2D eigenvalue weighted by Gasteiger charge is -2.32. The van der Waals surface area contributed by atoms with E-state index in [4.69, 9.17) is 0 Å². The molecule has 1 N–H and O–H groups in total. The van der Waals surface area contributed by atoms with Crippen LogP contribution in [0.3, 0.4) is 0 Å². The summed E-state index contributed by atoms with van der Waals surface area (Å²) < 4.78 is 1.85. The Morgan fingerprint density at radius 3 is 2.50 bits per heavy atom. The zero-order valence-electron chi connectivity index (χ0n) is 22.6. The van der Waals surface area contributed by atoms with Crippen molar-refractivity contribution in [2.75, 3.05) is 6.54 Å². The smallest absolute Gasteiger partial charge is 0.253 e. The highest BCUT2D eigenvalue weighted by Crippen LogP contribution is 2.32. The molecule has 2 aromatic carbocycles. The van der Waals surface area contributed by atoms with Gasteiger partial charge in [0.2, 0.25) is 0 Å². The second-order valence-corrected chi connectivity index (χ2v) is 11.9. The molecule has 1 atom stereocenters. The van der Waals surface area contributed by atoms with Crippen molar-refractivity contribution in [1.82, 2.24) is 30.1 Å². The molecule has 5 aromatic rings. The van der Waals surface area contributed by atoms with Crippen molar-refractivity contribution in [2.45, 2.75) is 59.2 Å². The van der Waals surface area contributed by atoms with Crippen molar-refractivity contribution in [3.63, 3.8) is 0 Å². The van der Waals surface area contributed by atoms with Gasteiger partial charge in [-0.1, -0.05) is 36.4 Å². The number of pyridine rings is 1. The number of H-pyrrole nitrogens is 1. The van der Waals surface area contributed by atoms with Gasteiger partial charge in [0.1, 0.15) is 6.04 Å². The van der Waals surface area contributed by atoms with Gasteiger partial charge < -0.3 is 4.98 Å². The number of aromatic nitrogens is 5. The minimum absolute atomic E-state index is 0.120. The number of hydrogen-bond acceptors (Lipinski definition) is 6. The molecule has 8 heteroatoms. The van der Waals surface area contributed by atoms with Crippen molar-refractivity contribution in [3.8, 4) is 0 Å². The summed E-state index contributed by atoms with van der Waals surface area (Å²) in [6.07, 6.45) is 0.837. The SMILES string of the molecule is Cc1cc2cc(C(c3nnnn3C(C)(C)C)N(CCc3ccccc3)Cc3cccs3)c(=O)[nH]c2cc1C. The van der Waals surface area contributed by atoms with Crippen LogP contribution < -0.4 is 5.56 Å². The van der Waals surface area contributed by atoms with Gasteiger partial charge in [-0.2, -0.15) is 0 Å². The first kappa shape index (κ1) is 26.0. The number of benzene rings is 2. The highest BCUT2D eigenvalue weighted by molar-refractivity contribution is 7.09. The van der Waals surface area contributed by atoms with Crippen LogP contribution in [0.25, 0.3) is 10.9 Å². The van der Waals surface area contributed by atoms with Crippen LogP contribution in [-0.4, -0.2) is 36.6 Å². The molecule has 1 unspecified atom stereocenters. The number of fused-ring (bicyclic) bond motifs is 1. The van der Waals surface area contributed by atoms with Crippen LogP contribution in [0.2, 0.25) is 0 Å². The van der Waals surface area contributed by atoms with Crippen molar-refractivity contribution in [2.24, 2.45) is 0 Å². The Morgan fingerprint density at radius 1 is 1.03 bits per heavy atom. The number of rotatable bonds is 8. The Hall–Kier alpha value is -3.62. The van der Waals surface area contributed by atoms with Crippen molar-refractivity contribution < 1.29 is 0 Å². The standard InChI is InChI=1S/C30H34N6OS/c1-20-16-23-18-25(29(37)31-26(23)17-21(20)2)27(28-32-33-34-36(28)30(3,4)5)35(19-24-12-9-15-38-24)14-13-22-10-7-6-8-11-22/h6-12,15-18,27H,13-14,19H2,1-5H3,(H,31,37). The molecule has 0 aliphatic heterocycles. The summed E-state index contributed by atoms with van der Waals surface area (Å²) in [6.45, 7) is 11.8. The molecule has 0 radical (unpaired) electrons. The van der Waals surface area contributed by atoms with Crippen LogP contribution in [0.1, 0.15) is 59.8 Å². The first-order chi connectivity index (χ1) is 18.2. The number of thiophene rings is 1. The maximum absolute atomic E-state index is 13.8. The molecule has 0 fully saturated rings. The Labute approximate surface area is 227 Å². The molecule has 38 heavy (non-hydrogen) atoms. The minimum Gasteiger partial charge on any atom is -0.322 e. The molecule has 7 nitrogen and oxygen atoms in total. The van der Waals surface area contributed by atoms with Crippen molar-refractivity contribution in [3.05, 3.63) is 109 Å². The third-order valence-electron chi connectivity index (χ3n) is 6.99. The normalized spacial score (nSPS) is 12.9. The zero-order valence-corrected chi connectivity index (χ0v) is 23.4. The highest BCUT2D eigenvalue weighted by atomic mass is 32.1. The van der Waals surface area contributed by atoms with Gasteiger partial charge in [0.15, 0.2) is 5.82 Å². The zero-order chi connectivity index (χ0) is 26.9. The highest BCUT2D eigenvalue weighted by Gasteiger charge is 2.33. The van der Waals surface area contributed by atoms with Gasteiger partial charge in [-0.25, -0.2) is 4.68 Å². The van der Waals surface area contributed by atoms with Gasteiger partial charge in [0.25, 0.3) is 5.56 Å². The number of aromatic amines is 1. The minimum atomic E-state index is -0.440. The first-order valence-corrected chi connectivity index (χ1v) is 13.8.